The lowest BCUT2D eigenvalue weighted by Gasteiger charge is -2.50. The molecule has 0 aromatic carbocycles. The van der Waals surface area contributed by atoms with Crippen molar-refractivity contribution in [3.8, 4) is 0 Å². The first-order valence-electron chi connectivity index (χ1n) is 6.72. The predicted octanol–water partition coefficient (Wildman–Crippen LogP) is 1.16. The third-order valence-electron chi connectivity index (χ3n) is 3.41. The van der Waals surface area contributed by atoms with Gasteiger partial charge in [-0.1, -0.05) is 34.8 Å². The third kappa shape index (κ3) is 3.82. The van der Waals surface area contributed by atoms with Crippen LogP contribution in [0.25, 0.3) is 0 Å². The Bertz CT molecular complexity index is 634. The Kier molecular flexibility index (Phi) is 5.74. The Morgan fingerprint density at radius 2 is 2.04 bits per heavy atom. The summed E-state index contributed by atoms with van der Waals surface area (Å²) in [7, 11) is 0. The van der Waals surface area contributed by atoms with Crippen LogP contribution in [0.4, 0.5) is 0 Å². The molecular formula is C13H13Cl3N2O5S. The lowest BCUT2D eigenvalue weighted by molar-refractivity contribution is -0.152. The molecule has 2 aliphatic heterocycles. The molecular weight excluding hydrogens is 403 g/mol. The highest BCUT2D eigenvalue weighted by molar-refractivity contribution is 8.01. The molecule has 2 heterocycles. The minimum Gasteiger partial charge on any atom is -0.456 e. The van der Waals surface area contributed by atoms with Gasteiger partial charge in [-0.15, -0.1) is 11.8 Å². The number of aldehydes is 1. The van der Waals surface area contributed by atoms with E-state index in [0.29, 0.717) is 11.9 Å². The largest absolute Gasteiger partial charge is 0.456 e. The number of amides is 2. The number of halogens is 3. The highest BCUT2D eigenvalue weighted by atomic mass is 35.6. The van der Waals surface area contributed by atoms with E-state index < -0.39 is 38.9 Å². The maximum Gasteiger partial charge on any atom is 0.355 e. The highest BCUT2D eigenvalue weighted by Gasteiger charge is 2.55. The summed E-state index contributed by atoms with van der Waals surface area (Å²) in [6.45, 7) is 2.32. The van der Waals surface area contributed by atoms with Crippen LogP contribution >= 0.6 is 46.6 Å². The van der Waals surface area contributed by atoms with Crippen LogP contribution in [0.2, 0.25) is 0 Å². The second-order valence-electron chi connectivity index (χ2n) is 5.19. The molecule has 0 saturated carbocycles. The molecule has 2 amide bonds. The van der Waals surface area contributed by atoms with Crippen LogP contribution in [0.15, 0.2) is 11.3 Å². The van der Waals surface area contributed by atoms with Gasteiger partial charge >= 0.3 is 5.97 Å². The average Bonchev–Trinajstić information content (AvgIpc) is 2.49. The molecule has 0 aromatic rings. The summed E-state index contributed by atoms with van der Waals surface area (Å²) in [5.74, 6) is -1.72. The van der Waals surface area contributed by atoms with Crippen molar-refractivity contribution in [3.05, 3.63) is 11.3 Å². The van der Waals surface area contributed by atoms with E-state index in [9.17, 15) is 19.2 Å². The van der Waals surface area contributed by atoms with Gasteiger partial charge in [0.15, 0.2) is 0 Å². The van der Waals surface area contributed by atoms with Crippen LogP contribution < -0.4 is 5.32 Å². The summed E-state index contributed by atoms with van der Waals surface area (Å²) in [4.78, 5) is 48.3. The topological polar surface area (TPSA) is 92.8 Å². The minimum absolute atomic E-state index is 0.0586. The van der Waals surface area contributed by atoms with E-state index in [-0.39, 0.29) is 11.6 Å². The molecule has 0 aromatic heterocycles. The number of hydrogen-bond donors (Lipinski definition) is 1. The zero-order chi connectivity index (χ0) is 18.2. The summed E-state index contributed by atoms with van der Waals surface area (Å²) >= 11 is 17.8. The van der Waals surface area contributed by atoms with Gasteiger partial charge in [0.2, 0.25) is 9.70 Å². The van der Waals surface area contributed by atoms with Crippen LogP contribution in [0.3, 0.4) is 0 Å². The zero-order valence-corrected chi connectivity index (χ0v) is 15.6. The first-order valence-corrected chi connectivity index (χ1v) is 8.80. The van der Waals surface area contributed by atoms with E-state index >= 15 is 0 Å². The SMILES string of the molecule is CC(=O)NC1C(=O)N2C(C(=O)OCC(Cl)(Cl)Cl)=C(C)C(C=O)S[C@@H]12. The highest BCUT2D eigenvalue weighted by Crippen LogP contribution is 2.43. The fraction of sp³-hybridized carbons (Fsp3) is 0.538. The van der Waals surface area contributed by atoms with Crippen molar-refractivity contribution in [3.63, 3.8) is 0 Å². The van der Waals surface area contributed by atoms with Crippen molar-refractivity contribution < 1.29 is 23.9 Å². The van der Waals surface area contributed by atoms with Gasteiger partial charge in [-0.05, 0) is 12.5 Å². The minimum atomic E-state index is -1.80. The van der Waals surface area contributed by atoms with Gasteiger partial charge in [0.05, 0.1) is 5.25 Å². The van der Waals surface area contributed by atoms with Gasteiger partial charge in [0.1, 0.15) is 30.0 Å². The number of rotatable bonds is 4. The van der Waals surface area contributed by atoms with Crippen LogP contribution in [0, 0.1) is 0 Å². The number of nitrogens with one attached hydrogen (secondary N) is 1. The quantitative estimate of drug-likeness (QED) is 0.321. The molecule has 2 unspecified atom stereocenters. The molecule has 0 spiro atoms. The fourth-order valence-corrected chi connectivity index (χ4v) is 3.90. The maximum atomic E-state index is 12.3. The number of carbonyl (C=O) groups excluding carboxylic acids is 4. The van der Waals surface area contributed by atoms with Gasteiger partial charge in [0.25, 0.3) is 5.91 Å². The molecule has 0 radical (unpaired) electrons. The van der Waals surface area contributed by atoms with E-state index in [1.165, 1.54) is 23.6 Å². The molecule has 2 aliphatic rings. The van der Waals surface area contributed by atoms with Gasteiger partial charge in [0, 0.05) is 6.92 Å². The molecule has 1 N–H and O–H groups in total. The van der Waals surface area contributed by atoms with Crippen molar-refractivity contribution in [2.75, 3.05) is 6.61 Å². The van der Waals surface area contributed by atoms with E-state index in [1.807, 2.05) is 0 Å². The molecule has 3 atom stereocenters. The summed E-state index contributed by atoms with van der Waals surface area (Å²) in [6.07, 6.45) is 0.660. The predicted molar refractivity (Wildman–Crippen MR) is 89.6 cm³/mol. The molecule has 2 rings (SSSR count). The second kappa shape index (κ2) is 7.11. The number of alkyl halides is 3. The summed E-state index contributed by atoms with van der Waals surface area (Å²) < 4.78 is 3.13. The maximum absolute atomic E-state index is 12.3. The Labute approximate surface area is 157 Å². The standard InChI is InChI=1S/C13H13Cl3N2O5S/c1-5-7(3-19)24-11-8(17-6(2)20)10(21)18(11)9(5)12(22)23-4-13(14,15)16/h3,7-8,11H,4H2,1-2H3,(H,17,20)/t7?,8?,11-/m0/s1. The third-order valence-corrected chi connectivity index (χ3v) is 5.26. The van der Waals surface area contributed by atoms with E-state index in [1.54, 1.807) is 6.92 Å². The normalized spacial score (nSPS) is 26.5. The smallest absolute Gasteiger partial charge is 0.355 e. The number of fused-ring (bicyclic) bond motifs is 1. The molecule has 7 nitrogen and oxygen atoms in total. The molecule has 132 valence electrons. The Morgan fingerprint density at radius 1 is 1.42 bits per heavy atom. The van der Waals surface area contributed by atoms with Crippen LogP contribution in [0.1, 0.15) is 13.8 Å². The van der Waals surface area contributed by atoms with Gasteiger partial charge in [-0.3, -0.25) is 14.5 Å². The number of carbonyl (C=O) groups is 4. The molecule has 11 heteroatoms. The number of hydrogen-bond acceptors (Lipinski definition) is 6. The van der Waals surface area contributed by atoms with E-state index in [4.69, 9.17) is 39.5 Å². The Hall–Kier alpha value is -0.960. The van der Waals surface area contributed by atoms with Crippen LogP contribution in [0.5, 0.6) is 0 Å². The first-order chi connectivity index (χ1) is 11.1. The summed E-state index contributed by atoms with van der Waals surface area (Å²) in [6, 6.07) is -0.806. The van der Waals surface area contributed by atoms with Crippen molar-refractivity contribution in [2.45, 2.75) is 34.3 Å². The number of esters is 1. The number of ether oxygens (including phenoxy) is 1. The molecule has 1 fully saturated rings. The van der Waals surface area contributed by atoms with Crippen LogP contribution in [-0.4, -0.2) is 56.0 Å². The number of nitrogens with zero attached hydrogens (tertiary/aromatic N) is 1. The molecule has 0 aliphatic carbocycles. The monoisotopic (exact) mass is 414 g/mol. The van der Waals surface area contributed by atoms with Crippen molar-refractivity contribution in [2.24, 2.45) is 0 Å². The van der Waals surface area contributed by atoms with Crippen molar-refractivity contribution in [1.82, 2.24) is 10.2 Å². The molecule has 1 saturated heterocycles. The fourth-order valence-electron chi connectivity index (χ4n) is 2.38. The lowest BCUT2D eigenvalue weighted by atomic mass is 10.0. The molecule has 0 bridgehead atoms. The summed E-state index contributed by atoms with van der Waals surface area (Å²) in [5.41, 5.74) is 0.312. The zero-order valence-electron chi connectivity index (χ0n) is 12.5. The lowest BCUT2D eigenvalue weighted by Crippen LogP contribution is -2.71. The molecule has 24 heavy (non-hydrogen) atoms. The first kappa shape index (κ1) is 19.4. The van der Waals surface area contributed by atoms with Gasteiger partial charge < -0.3 is 14.8 Å². The van der Waals surface area contributed by atoms with Gasteiger partial charge in [-0.25, -0.2) is 4.79 Å². The average molecular weight is 416 g/mol. The van der Waals surface area contributed by atoms with E-state index in [2.05, 4.69) is 5.32 Å². The van der Waals surface area contributed by atoms with Crippen molar-refractivity contribution in [1.29, 1.82) is 0 Å². The number of thioether (sulfide) groups is 1. The second-order valence-corrected chi connectivity index (χ2v) is 8.97. The van der Waals surface area contributed by atoms with Crippen LogP contribution in [-0.2, 0) is 23.9 Å². The Balaban J connectivity index is 2.27. The van der Waals surface area contributed by atoms with Crippen molar-refractivity contribution >= 4 is 70.6 Å². The van der Waals surface area contributed by atoms with E-state index in [0.717, 1.165) is 0 Å². The number of β-lactam (4-membered cyclic amide) rings is 1. The summed E-state index contributed by atoms with van der Waals surface area (Å²) in [5, 5.41) is 1.28. The Morgan fingerprint density at radius 3 is 2.54 bits per heavy atom. The van der Waals surface area contributed by atoms with Gasteiger partial charge in [-0.2, -0.15) is 0 Å².